The van der Waals surface area contributed by atoms with Crippen molar-refractivity contribution in [3.8, 4) is 6.07 Å². The van der Waals surface area contributed by atoms with Gasteiger partial charge < -0.3 is 5.32 Å². The van der Waals surface area contributed by atoms with Crippen LogP contribution in [0.3, 0.4) is 0 Å². The molecule has 3 heteroatoms. The predicted molar refractivity (Wildman–Crippen MR) is 72.5 cm³/mol. The van der Waals surface area contributed by atoms with E-state index in [4.69, 9.17) is 5.26 Å². The zero-order chi connectivity index (χ0) is 13.3. The Labute approximate surface area is 111 Å². The van der Waals surface area contributed by atoms with E-state index in [2.05, 4.69) is 11.4 Å². The Kier molecular flexibility index (Phi) is 2.57. The molecule has 0 aromatic heterocycles. The molecule has 0 aliphatic carbocycles. The third-order valence-corrected chi connectivity index (χ3v) is 3.63. The van der Waals surface area contributed by atoms with Crippen molar-refractivity contribution in [1.82, 2.24) is 0 Å². The Bertz CT molecular complexity index is 673. The number of carbonyl (C=O) groups is 1. The quantitative estimate of drug-likeness (QED) is 0.888. The van der Waals surface area contributed by atoms with Crippen molar-refractivity contribution < 1.29 is 4.79 Å². The van der Waals surface area contributed by atoms with Crippen molar-refractivity contribution in [2.75, 3.05) is 5.32 Å². The second-order valence-corrected chi connectivity index (χ2v) is 4.61. The zero-order valence-electron chi connectivity index (χ0n) is 10.3. The van der Waals surface area contributed by atoms with Crippen LogP contribution in [0.15, 0.2) is 54.6 Å². The molecule has 3 rings (SSSR count). The second kappa shape index (κ2) is 4.25. The molecule has 1 N–H and O–H groups in total. The fourth-order valence-corrected chi connectivity index (χ4v) is 2.72. The van der Waals surface area contributed by atoms with Gasteiger partial charge in [-0.2, -0.15) is 5.26 Å². The number of nitriles is 1. The number of nitrogens with one attached hydrogen (secondary N) is 1. The van der Waals surface area contributed by atoms with Crippen LogP contribution < -0.4 is 5.32 Å². The highest BCUT2D eigenvalue weighted by Crippen LogP contribution is 2.44. The van der Waals surface area contributed by atoms with Gasteiger partial charge in [-0.15, -0.1) is 0 Å². The number of hydrogen-bond donors (Lipinski definition) is 1. The summed E-state index contributed by atoms with van der Waals surface area (Å²) in [6, 6.07) is 19.2. The van der Waals surface area contributed by atoms with Gasteiger partial charge in [-0.1, -0.05) is 48.5 Å². The van der Waals surface area contributed by atoms with Crippen LogP contribution in [-0.4, -0.2) is 5.91 Å². The maximum absolute atomic E-state index is 12.5. The summed E-state index contributed by atoms with van der Waals surface area (Å²) in [4.78, 5) is 12.5. The van der Waals surface area contributed by atoms with Crippen LogP contribution in [0, 0.1) is 11.3 Å². The first-order valence-corrected chi connectivity index (χ1v) is 6.12. The van der Waals surface area contributed by atoms with Crippen molar-refractivity contribution in [1.29, 1.82) is 5.26 Å². The molecule has 0 saturated carbocycles. The van der Waals surface area contributed by atoms with E-state index in [0.717, 1.165) is 16.8 Å². The van der Waals surface area contributed by atoms with Gasteiger partial charge in [-0.25, -0.2) is 0 Å². The monoisotopic (exact) mass is 248 g/mol. The average Bonchev–Trinajstić information content (AvgIpc) is 2.74. The molecule has 0 spiro atoms. The van der Waals surface area contributed by atoms with Gasteiger partial charge in [-0.05, 0) is 17.2 Å². The number of carbonyl (C=O) groups excluding carboxylic acids is 1. The average molecular weight is 248 g/mol. The Morgan fingerprint density at radius 1 is 1.05 bits per heavy atom. The third kappa shape index (κ3) is 1.54. The minimum atomic E-state index is -0.882. The first-order chi connectivity index (χ1) is 9.29. The third-order valence-electron chi connectivity index (χ3n) is 3.63. The van der Waals surface area contributed by atoms with E-state index in [1.807, 2.05) is 54.6 Å². The molecule has 19 heavy (non-hydrogen) atoms. The summed E-state index contributed by atoms with van der Waals surface area (Å²) in [5, 5.41) is 12.0. The van der Waals surface area contributed by atoms with Crippen molar-refractivity contribution in [2.24, 2.45) is 0 Å². The van der Waals surface area contributed by atoms with E-state index in [9.17, 15) is 4.79 Å². The SMILES string of the molecule is N#CCC1(c2ccccc2)C(=O)Nc2ccccc21. The van der Waals surface area contributed by atoms with Crippen molar-refractivity contribution >= 4 is 11.6 Å². The standard InChI is InChI=1S/C16H12N2O/c17-11-10-16(12-6-2-1-3-7-12)13-8-4-5-9-14(13)18-15(16)19/h1-9H,10H2,(H,18,19). The van der Waals surface area contributed by atoms with Crippen LogP contribution in [0.1, 0.15) is 17.5 Å². The summed E-state index contributed by atoms with van der Waals surface area (Å²) < 4.78 is 0. The van der Waals surface area contributed by atoms with E-state index in [0.29, 0.717) is 0 Å². The van der Waals surface area contributed by atoms with Gasteiger partial charge in [0.15, 0.2) is 0 Å². The molecule has 2 aromatic rings. The van der Waals surface area contributed by atoms with Crippen LogP contribution in [0.25, 0.3) is 0 Å². The van der Waals surface area contributed by atoms with Gasteiger partial charge in [0.25, 0.3) is 0 Å². The smallest absolute Gasteiger partial charge is 0.240 e. The predicted octanol–water partition coefficient (Wildman–Crippen LogP) is 2.84. The van der Waals surface area contributed by atoms with Gasteiger partial charge in [-0.3, -0.25) is 4.79 Å². The molecule has 1 unspecified atom stereocenters. The normalized spacial score (nSPS) is 20.5. The largest absolute Gasteiger partial charge is 0.325 e. The second-order valence-electron chi connectivity index (χ2n) is 4.61. The molecular weight excluding hydrogens is 236 g/mol. The first kappa shape index (κ1) is 11.5. The molecule has 3 nitrogen and oxygen atoms in total. The molecule has 1 aliphatic rings. The van der Waals surface area contributed by atoms with Crippen LogP contribution >= 0.6 is 0 Å². The van der Waals surface area contributed by atoms with Gasteiger partial charge in [0.05, 0.1) is 12.5 Å². The molecule has 0 fully saturated rings. The van der Waals surface area contributed by atoms with Crippen LogP contribution in [0.2, 0.25) is 0 Å². The van der Waals surface area contributed by atoms with Crippen LogP contribution in [0.5, 0.6) is 0 Å². The summed E-state index contributed by atoms with van der Waals surface area (Å²) in [5.41, 5.74) is 1.66. The molecule has 0 saturated heterocycles. The number of anilines is 1. The number of benzene rings is 2. The molecule has 1 heterocycles. The lowest BCUT2D eigenvalue weighted by Crippen LogP contribution is -2.35. The molecule has 0 radical (unpaired) electrons. The minimum absolute atomic E-state index is 0.124. The van der Waals surface area contributed by atoms with E-state index in [1.54, 1.807) is 0 Å². The van der Waals surface area contributed by atoms with Gasteiger partial charge in [0, 0.05) is 5.69 Å². The number of hydrogen-bond acceptors (Lipinski definition) is 2. The fraction of sp³-hybridized carbons (Fsp3) is 0.125. The van der Waals surface area contributed by atoms with E-state index >= 15 is 0 Å². The number of nitrogens with zero attached hydrogens (tertiary/aromatic N) is 1. The minimum Gasteiger partial charge on any atom is -0.325 e. The summed E-state index contributed by atoms with van der Waals surface area (Å²) in [7, 11) is 0. The molecule has 1 aliphatic heterocycles. The molecule has 1 atom stereocenters. The Hall–Kier alpha value is -2.60. The lowest BCUT2D eigenvalue weighted by Gasteiger charge is -2.25. The molecule has 92 valence electrons. The van der Waals surface area contributed by atoms with Crippen molar-refractivity contribution in [2.45, 2.75) is 11.8 Å². The summed E-state index contributed by atoms with van der Waals surface area (Å²) in [6.07, 6.45) is 0.139. The highest BCUT2D eigenvalue weighted by molar-refractivity contribution is 6.08. The Morgan fingerprint density at radius 2 is 1.74 bits per heavy atom. The van der Waals surface area contributed by atoms with Crippen LogP contribution in [0.4, 0.5) is 5.69 Å². The van der Waals surface area contributed by atoms with E-state index in [-0.39, 0.29) is 12.3 Å². The molecular formula is C16H12N2O. The number of fused-ring (bicyclic) bond motifs is 1. The maximum Gasteiger partial charge on any atom is 0.240 e. The highest BCUT2D eigenvalue weighted by atomic mass is 16.2. The Morgan fingerprint density at radius 3 is 2.47 bits per heavy atom. The zero-order valence-corrected chi connectivity index (χ0v) is 10.3. The number of rotatable bonds is 2. The molecule has 0 bridgehead atoms. The fourth-order valence-electron chi connectivity index (χ4n) is 2.72. The van der Waals surface area contributed by atoms with E-state index < -0.39 is 5.41 Å². The van der Waals surface area contributed by atoms with Gasteiger partial charge >= 0.3 is 0 Å². The van der Waals surface area contributed by atoms with Gasteiger partial charge in [0.1, 0.15) is 5.41 Å². The van der Waals surface area contributed by atoms with E-state index in [1.165, 1.54) is 0 Å². The summed E-state index contributed by atoms with van der Waals surface area (Å²) >= 11 is 0. The van der Waals surface area contributed by atoms with Gasteiger partial charge in [0.2, 0.25) is 5.91 Å². The lowest BCUT2D eigenvalue weighted by molar-refractivity contribution is -0.119. The molecule has 2 aromatic carbocycles. The number of para-hydroxylation sites is 1. The van der Waals surface area contributed by atoms with Crippen molar-refractivity contribution in [3.63, 3.8) is 0 Å². The van der Waals surface area contributed by atoms with Crippen LogP contribution in [-0.2, 0) is 10.2 Å². The lowest BCUT2D eigenvalue weighted by atomic mass is 9.73. The number of amides is 1. The molecule has 1 amide bonds. The van der Waals surface area contributed by atoms with Crippen molar-refractivity contribution in [3.05, 3.63) is 65.7 Å². The Balaban J connectivity index is 2.28. The highest BCUT2D eigenvalue weighted by Gasteiger charge is 2.47. The summed E-state index contributed by atoms with van der Waals surface area (Å²) in [6.45, 7) is 0. The maximum atomic E-state index is 12.5. The summed E-state index contributed by atoms with van der Waals surface area (Å²) in [5.74, 6) is -0.124. The first-order valence-electron chi connectivity index (χ1n) is 6.12. The topological polar surface area (TPSA) is 52.9 Å².